The highest BCUT2D eigenvalue weighted by Crippen LogP contribution is 2.60. The van der Waals surface area contributed by atoms with E-state index in [-0.39, 0.29) is 11.9 Å². The summed E-state index contributed by atoms with van der Waals surface area (Å²) < 4.78 is 3.59. The van der Waals surface area contributed by atoms with E-state index in [9.17, 15) is 4.79 Å². The lowest BCUT2D eigenvalue weighted by Crippen LogP contribution is -2.07. The summed E-state index contributed by atoms with van der Waals surface area (Å²) in [6.45, 7) is 1.86. The van der Waals surface area contributed by atoms with Gasteiger partial charge in [0.05, 0.1) is 13.0 Å². The average molecular weight is 209 g/mol. The van der Waals surface area contributed by atoms with Crippen molar-refractivity contribution in [2.45, 2.75) is 11.3 Å². The van der Waals surface area contributed by atoms with Gasteiger partial charge in [-0.25, -0.2) is 0 Å². The fraction of sp³-hybridized carbons (Fsp3) is 0.625. The van der Waals surface area contributed by atoms with Gasteiger partial charge in [0, 0.05) is 5.92 Å². The maximum atomic E-state index is 11.0. The SMILES string of the molecule is C/C=C\C1C(C(=O)OC)C1(Cl)Cl. The van der Waals surface area contributed by atoms with E-state index in [0.717, 1.165) is 0 Å². The molecule has 0 aliphatic heterocycles. The Hall–Kier alpha value is -0.210. The van der Waals surface area contributed by atoms with Crippen molar-refractivity contribution in [2.75, 3.05) is 7.11 Å². The first-order valence-electron chi connectivity index (χ1n) is 3.64. The fourth-order valence-electron chi connectivity index (χ4n) is 1.23. The lowest BCUT2D eigenvalue weighted by atomic mass is 10.3. The summed E-state index contributed by atoms with van der Waals surface area (Å²) in [7, 11) is 1.33. The summed E-state index contributed by atoms with van der Waals surface area (Å²) in [4.78, 5) is 11.0. The van der Waals surface area contributed by atoms with Crippen molar-refractivity contribution < 1.29 is 9.53 Å². The van der Waals surface area contributed by atoms with Crippen LogP contribution in [0.25, 0.3) is 0 Å². The molecule has 2 atom stereocenters. The maximum Gasteiger partial charge on any atom is 0.312 e. The van der Waals surface area contributed by atoms with Crippen LogP contribution in [0.2, 0.25) is 0 Å². The second kappa shape index (κ2) is 3.27. The lowest BCUT2D eigenvalue weighted by Gasteiger charge is -1.95. The van der Waals surface area contributed by atoms with Crippen molar-refractivity contribution in [3.63, 3.8) is 0 Å². The summed E-state index contributed by atoms with van der Waals surface area (Å²) in [5, 5.41) is 0. The van der Waals surface area contributed by atoms with Gasteiger partial charge in [0.2, 0.25) is 0 Å². The Labute approximate surface area is 81.5 Å². The van der Waals surface area contributed by atoms with Crippen molar-refractivity contribution >= 4 is 29.2 Å². The predicted octanol–water partition coefficient (Wildman–Crippen LogP) is 2.16. The van der Waals surface area contributed by atoms with Crippen LogP contribution in [-0.2, 0) is 9.53 Å². The van der Waals surface area contributed by atoms with E-state index >= 15 is 0 Å². The zero-order valence-corrected chi connectivity index (χ0v) is 8.39. The lowest BCUT2D eigenvalue weighted by molar-refractivity contribution is -0.142. The molecule has 0 aromatic rings. The minimum Gasteiger partial charge on any atom is -0.469 e. The summed E-state index contributed by atoms with van der Waals surface area (Å²) in [5.41, 5.74) is 0. The third kappa shape index (κ3) is 1.46. The summed E-state index contributed by atoms with van der Waals surface area (Å²) >= 11 is 11.7. The van der Waals surface area contributed by atoms with Crippen LogP contribution in [0.1, 0.15) is 6.92 Å². The quantitative estimate of drug-likeness (QED) is 0.395. The van der Waals surface area contributed by atoms with Crippen LogP contribution in [0.4, 0.5) is 0 Å². The number of hydrogen-bond acceptors (Lipinski definition) is 2. The van der Waals surface area contributed by atoms with Gasteiger partial charge in [0.25, 0.3) is 0 Å². The van der Waals surface area contributed by atoms with Crippen LogP contribution in [0, 0.1) is 11.8 Å². The monoisotopic (exact) mass is 208 g/mol. The second-order valence-corrected chi connectivity index (χ2v) is 4.17. The Bertz CT molecular complexity index is 223. The molecule has 0 saturated heterocycles. The van der Waals surface area contributed by atoms with Crippen molar-refractivity contribution in [3.05, 3.63) is 12.2 Å². The molecule has 2 unspecified atom stereocenters. The molecule has 0 N–H and O–H groups in total. The minimum atomic E-state index is -0.959. The largest absolute Gasteiger partial charge is 0.469 e. The number of methoxy groups -OCH3 is 1. The molecule has 12 heavy (non-hydrogen) atoms. The molecule has 0 aromatic heterocycles. The summed E-state index contributed by atoms with van der Waals surface area (Å²) in [5.74, 6) is -0.844. The number of hydrogen-bond donors (Lipinski definition) is 0. The predicted molar refractivity (Wildman–Crippen MR) is 48.2 cm³/mol. The van der Waals surface area contributed by atoms with E-state index in [4.69, 9.17) is 23.2 Å². The average Bonchev–Trinajstić information content (AvgIpc) is 2.53. The van der Waals surface area contributed by atoms with Crippen LogP contribution in [0.15, 0.2) is 12.2 Å². The number of halogens is 2. The summed E-state index contributed by atoms with van der Waals surface area (Å²) in [6, 6.07) is 0. The van der Waals surface area contributed by atoms with E-state index in [1.807, 2.05) is 19.1 Å². The molecule has 1 fully saturated rings. The van der Waals surface area contributed by atoms with Crippen molar-refractivity contribution in [2.24, 2.45) is 11.8 Å². The second-order valence-electron chi connectivity index (χ2n) is 2.73. The van der Waals surface area contributed by atoms with Crippen LogP contribution in [0.3, 0.4) is 0 Å². The molecule has 0 aromatic carbocycles. The van der Waals surface area contributed by atoms with Crippen molar-refractivity contribution in [1.29, 1.82) is 0 Å². The Balaban J connectivity index is 2.66. The number of ether oxygens (including phenoxy) is 1. The van der Waals surface area contributed by atoms with Gasteiger partial charge < -0.3 is 4.74 Å². The molecule has 0 radical (unpaired) electrons. The number of allylic oxidation sites excluding steroid dienone is 2. The smallest absolute Gasteiger partial charge is 0.312 e. The molecule has 0 bridgehead atoms. The van der Waals surface area contributed by atoms with Gasteiger partial charge in [-0.3, -0.25) is 4.79 Å². The number of carbonyl (C=O) groups excluding carboxylic acids is 1. The highest BCUT2D eigenvalue weighted by molar-refractivity contribution is 6.52. The molecule has 0 heterocycles. The van der Waals surface area contributed by atoms with E-state index in [1.54, 1.807) is 0 Å². The molecule has 1 aliphatic carbocycles. The Morgan fingerprint density at radius 2 is 2.17 bits per heavy atom. The van der Waals surface area contributed by atoms with Gasteiger partial charge in [-0.15, -0.1) is 0 Å². The topological polar surface area (TPSA) is 26.3 Å². The van der Waals surface area contributed by atoms with E-state index < -0.39 is 10.3 Å². The Morgan fingerprint density at radius 3 is 2.58 bits per heavy atom. The molecule has 68 valence electrons. The molecule has 0 amide bonds. The molecular weight excluding hydrogens is 199 g/mol. The first kappa shape index (κ1) is 9.87. The van der Waals surface area contributed by atoms with Crippen LogP contribution in [0.5, 0.6) is 0 Å². The number of carbonyl (C=O) groups is 1. The molecule has 1 saturated carbocycles. The van der Waals surface area contributed by atoms with Crippen molar-refractivity contribution in [1.82, 2.24) is 0 Å². The molecule has 0 spiro atoms. The number of alkyl halides is 2. The molecule has 1 rings (SSSR count). The van der Waals surface area contributed by atoms with Gasteiger partial charge in [0.1, 0.15) is 4.33 Å². The van der Waals surface area contributed by atoms with Gasteiger partial charge in [0.15, 0.2) is 0 Å². The van der Waals surface area contributed by atoms with Crippen LogP contribution >= 0.6 is 23.2 Å². The third-order valence-corrected chi connectivity index (χ3v) is 2.94. The summed E-state index contributed by atoms with van der Waals surface area (Å²) in [6.07, 6.45) is 3.65. The van der Waals surface area contributed by atoms with E-state index in [1.165, 1.54) is 7.11 Å². The zero-order chi connectivity index (χ0) is 9.35. The maximum absolute atomic E-state index is 11.0. The van der Waals surface area contributed by atoms with Crippen LogP contribution in [-0.4, -0.2) is 17.4 Å². The van der Waals surface area contributed by atoms with E-state index in [2.05, 4.69) is 4.74 Å². The Morgan fingerprint density at radius 1 is 1.58 bits per heavy atom. The molecule has 2 nitrogen and oxygen atoms in total. The normalized spacial score (nSPS) is 32.0. The number of rotatable bonds is 2. The highest BCUT2D eigenvalue weighted by Gasteiger charge is 2.66. The molecule has 1 aliphatic rings. The van der Waals surface area contributed by atoms with Gasteiger partial charge in [-0.1, -0.05) is 35.4 Å². The van der Waals surface area contributed by atoms with Crippen LogP contribution < -0.4 is 0 Å². The Kier molecular flexibility index (Phi) is 2.69. The van der Waals surface area contributed by atoms with Gasteiger partial charge in [-0.05, 0) is 6.92 Å². The first-order valence-corrected chi connectivity index (χ1v) is 4.39. The zero-order valence-electron chi connectivity index (χ0n) is 6.88. The molecule has 4 heteroatoms. The first-order chi connectivity index (χ1) is 5.55. The van der Waals surface area contributed by atoms with Gasteiger partial charge >= 0.3 is 5.97 Å². The fourth-order valence-corrected chi connectivity index (χ4v) is 1.95. The van der Waals surface area contributed by atoms with Crippen molar-refractivity contribution in [3.8, 4) is 0 Å². The number of esters is 1. The highest BCUT2D eigenvalue weighted by atomic mass is 35.5. The third-order valence-electron chi connectivity index (χ3n) is 1.96. The standard InChI is InChI=1S/C8H10Cl2O2/c1-3-4-5-6(7(11)12-2)8(5,9)10/h3-6H,1-2H3/b4-3-. The minimum absolute atomic E-state index is 0.0988. The molecular formula is C8H10Cl2O2. The van der Waals surface area contributed by atoms with Gasteiger partial charge in [-0.2, -0.15) is 0 Å². The van der Waals surface area contributed by atoms with E-state index in [0.29, 0.717) is 0 Å².